The van der Waals surface area contributed by atoms with Crippen molar-refractivity contribution in [2.75, 3.05) is 26.1 Å². The Bertz CT molecular complexity index is 2320. The van der Waals surface area contributed by atoms with Gasteiger partial charge in [0, 0.05) is 11.8 Å². The molecule has 0 radical (unpaired) electrons. The van der Waals surface area contributed by atoms with Gasteiger partial charge in [-0.25, -0.2) is 4.79 Å². The highest BCUT2D eigenvalue weighted by atomic mass is 32.2. The molecule has 1 saturated heterocycles. The lowest BCUT2D eigenvalue weighted by Crippen LogP contribution is -2.51. The van der Waals surface area contributed by atoms with Crippen LogP contribution in [0.15, 0.2) is 126 Å². The van der Waals surface area contributed by atoms with Gasteiger partial charge in [-0.2, -0.15) is 4.98 Å². The van der Waals surface area contributed by atoms with Crippen LogP contribution < -0.4 is 20.5 Å². The lowest BCUT2D eigenvalue weighted by atomic mass is 9.80. The highest BCUT2D eigenvalue weighted by molar-refractivity contribution is 8.00. The third-order valence-corrected chi connectivity index (χ3v) is 17.4. The van der Waals surface area contributed by atoms with E-state index in [9.17, 15) is 24.3 Å². The summed E-state index contributed by atoms with van der Waals surface area (Å²) in [6.45, 7) is 10.4. The van der Waals surface area contributed by atoms with E-state index in [1.54, 1.807) is 50.7 Å². The number of rotatable bonds is 17. The molecule has 1 amide bonds. The van der Waals surface area contributed by atoms with E-state index in [2.05, 4.69) is 44.2 Å². The third-order valence-electron chi connectivity index (χ3n) is 11.4. The normalized spacial score (nSPS) is 17.9. The minimum Gasteiger partial charge on any atom is -0.497 e. The van der Waals surface area contributed by atoms with E-state index in [1.807, 2.05) is 78.9 Å². The fourth-order valence-corrected chi connectivity index (χ4v) is 9.93. The van der Waals surface area contributed by atoms with Gasteiger partial charge in [0.05, 0.1) is 38.9 Å². The number of carboxylic acids is 1. The Morgan fingerprint density at radius 3 is 1.84 bits per heavy atom. The third kappa shape index (κ3) is 10.3. The van der Waals surface area contributed by atoms with Gasteiger partial charge in [-0.1, -0.05) is 93.6 Å². The number of carboxylic acid groups (broad SMARTS) is 1. The lowest BCUT2D eigenvalue weighted by molar-refractivity contribution is -0.157. The van der Waals surface area contributed by atoms with Crippen LogP contribution in [0.5, 0.6) is 11.5 Å². The van der Waals surface area contributed by atoms with Gasteiger partial charge in [-0.3, -0.25) is 19.0 Å². The summed E-state index contributed by atoms with van der Waals surface area (Å²) in [5, 5.41) is 10.4. The van der Waals surface area contributed by atoms with E-state index in [0.717, 1.165) is 16.7 Å². The largest absolute Gasteiger partial charge is 0.497 e. The molecule has 0 aliphatic carbocycles. The number of aromatic nitrogens is 2. The number of thioether (sulfide) groups is 1. The number of benzene rings is 4. The molecule has 0 unspecified atom stereocenters. The molecule has 4 aromatic carbocycles. The Balaban J connectivity index is 1.46. The van der Waals surface area contributed by atoms with Crippen molar-refractivity contribution in [1.82, 2.24) is 9.55 Å². The first-order chi connectivity index (χ1) is 29.6. The minimum absolute atomic E-state index is 0.0320. The highest BCUT2D eigenvalue weighted by Crippen LogP contribution is 2.50. The first-order valence-corrected chi connectivity index (χ1v) is 24.1. The van der Waals surface area contributed by atoms with E-state index in [4.69, 9.17) is 23.4 Å². The first-order valence-electron chi connectivity index (χ1n) is 20.2. The molecule has 1 aliphatic heterocycles. The number of amides is 1. The first kappa shape index (κ1) is 45.8. The van der Waals surface area contributed by atoms with Crippen LogP contribution in [0.2, 0.25) is 18.1 Å². The van der Waals surface area contributed by atoms with Crippen molar-refractivity contribution in [2.45, 2.75) is 80.2 Å². The number of ether oxygens (including phenoxy) is 4. The van der Waals surface area contributed by atoms with Crippen molar-refractivity contribution in [1.29, 1.82) is 0 Å². The van der Waals surface area contributed by atoms with Crippen molar-refractivity contribution in [3.8, 4) is 11.5 Å². The van der Waals surface area contributed by atoms with Crippen molar-refractivity contribution in [3.63, 3.8) is 0 Å². The summed E-state index contributed by atoms with van der Waals surface area (Å²) in [4.78, 5) is 56.5. The summed E-state index contributed by atoms with van der Waals surface area (Å²) in [5.74, 6) is -0.916. The number of carbonyl (C=O) groups excluding carboxylic acids is 2. The van der Waals surface area contributed by atoms with Gasteiger partial charge in [0.25, 0.3) is 5.91 Å². The Kier molecular flexibility index (Phi) is 14.4. The smallest absolute Gasteiger partial charge is 0.350 e. The lowest BCUT2D eigenvalue weighted by Gasteiger charge is -2.41. The average molecular weight is 880 g/mol. The van der Waals surface area contributed by atoms with Crippen LogP contribution >= 0.6 is 11.8 Å². The standard InChI is InChI=1S/C47H53N3O10SSi/c1-46(2,3)62(6,7)60-42-41(59-40(53)27-26-39(51)52)37(61-44(42)50-29-28-38(49-45(50)55)48-43(54)31-14-10-8-11-15-31)30-58-47(32-16-12-9-13-17-32,33-18-22-35(56-4)23-19-33)34-20-24-36(57-5)25-21-34/h8-25,28-29,37,41-42,44H,26-27,30H2,1-7H3,(H,51,52)(H,48,49,54,55)/t37-,41-,42-,44-/m1/s1. The maximum absolute atomic E-state index is 14.1. The number of aliphatic carboxylic acids is 1. The number of nitrogens with zero attached hydrogens (tertiary/aromatic N) is 2. The minimum atomic E-state index is -2.68. The van der Waals surface area contributed by atoms with Gasteiger partial charge in [-0.15, -0.1) is 11.8 Å². The second-order valence-electron chi connectivity index (χ2n) is 16.4. The van der Waals surface area contributed by atoms with Crippen LogP contribution in [-0.2, 0) is 29.1 Å². The summed E-state index contributed by atoms with van der Waals surface area (Å²) >= 11 is 1.34. The topological polar surface area (TPSA) is 165 Å². The van der Waals surface area contributed by atoms with Crippen molar-refractivity contribution in [2.24, 2.45) is 0 Å². The predicted octanol–water partition coefficient (Wildman–Crippen LogP) is 8.30. The maximum Gasteiger partial charge on any atom is 0.350 e. The molecular weight excluding hydrogens is 827 g/mol. The summed E-state index contributed by atoms with van der Waals surface area (Å²) in [6.07, 6.45) is -1.16. The van der Waals surface area contributed by atoms with Crippen LogP contribution in [-0.4, -0.2) is 79.1 Å². The van der Waals surface area contributed by atoms with Crippen molar-refractivity contribution >= 4 is 43.7 Å². The Hall–Kier alpha value is -5.74. The molecule has 5 aromatic rings. The number of anilines is 1. The zero-order valence-electron chi connectivity index (χ0n) is 35.9. The number of hydrogen-bond acceptors (Lipinski definition) is 11. The molecule has 0 bridgehead atoms. The molecule has 0 spiro atoms. The molecule has 1 aromatic heterocycles. The zero-order chi connectivity index (χ0) is 44.7. The second kappa shape index (κ2) is 19.5. The van der Waals surface area contributed by atoms with E-state index in [1.165, 1.54) is 22.4 Å². The number of hydrogen-bond donors (Lipinski definition) is 2. The van der Waals surface area contributed by atoms with E-state index >= 15 is 0 Å². The Labute approximate surface area is 366 Å². The molecule has 13 nitrogen and oxygen atoms in total. The summed E-state index contributed by atoms with van der Waals surface area (Å²) in [6, 6.07) is 35.1. The van der Waals surface area contributed by atoms with Gasteiger partial charge >= 0.3 is 17.6 Å². The van der Waals surface area contributed by atoms with Crippen LogP contribution in [0.1, 0.15) is 66.0 Å². The van der Waals surface area contributed by atoms with Gasteiger partial charge in [0.15, 0.2) is 8.32 Å². The zero-order valence-corrected chi connectivity index (χ0v) is 37.7. The molecule has 326 valence electrons. The van der Waals surface area contributed by atoms with E-state index in [0.29, 0.717) is 17.1 Å². The second-order valence-corrected chi connectivity index (χ2v) is 22.5. The monoisotopic (exact) mass is 879 g/mol. The van der Waals surface area contributed by atoms with Gasteiger partial charge in [0.2, 0.25) is 0 Å². The fraction of sp³-hybridized carbons (Fsp3) is 0.340. The average Bonchev–Trinajstić information content (AvgIpc) is 3.58. The number of carbonyl (C=O) groups is 3. The Morgan fingerprint density at radius 2 is 1.32 bits per heavy atom. The molecule has 0 saturated carbocycles. The SMILES string of the molecule is COc1ccc(C(OC[C@H]2S[C@@H](n3ccc(NC(=O)c4ccccc4)nc3=O)[C@H](O[Si](C)(C)C(C)(C)C)[C@@H]2OC(=O)CCC(=O)O)(c2ccccc2)c2ccc(OC)cc2)cc1. The van der Waals surface area contributed by atoms with Crippen LogP contribution in [0.3, 0.4) is 0 Å². The molecule has 6 rings (SSSR count). The van der Waals surface area contributed by atoms with Crippen LogP contribution in [0.4, 0.5) is 5.82 Å². The highest BCUT2D eigenvalue weighted by Gasteiger charge is 2.53. The van der Waals surface area contributed by atoms with Gasteiger partial charge in [-0.05, 0) is 77.3 Å². The maximum atomic E-state index is 14.1. The van der Waals surface area contributed by atoms with Crippen molar-refractivity contribution < 1.29 is 42.9 Å². The molecular formula is C47H53N3O10SSi. The van der Waals surface area contributed by atoms with E-state index < -0.39 is 66.7 Å². The van der Waals surface area contributed by atoms with Crippen LogP contribution in [0.25, 0.3) is 0 Å². The van der Waals surface area contributed by atoms with Crippen molar-refractivity contribution in [3.05, 3.63) is 154 Å². The molecule has 15 heteroatoms. The van der Waals surface area contributed by atoms with E-state index in [-0.39, 0.29) is 23.9 Å². The molecule has 4 atom stereocenters. The summed E-state index contributed by atoms with van der Waals surface area (Å²) in [7, 11) is 0.517. The molecule has 62 heavy (non-hydrogen) atoms. The summed E-state index contributed by atoms with van der Waals surface area (Å²) < 4.78 is 33.2. The predicted molar refractivity (Wildman–Crippen MR) is 240 cm³/mol. The van der Waals surface area contributed by atoms with Gasteiger partial charge in [0.1, 0.15) is 40.5 Å². The molecule has 1 aliphatic rings. The summed E-state index contributed by atoms with van der Waals surface area (Å²) in [5.41, 5.74) is 0.887. The molecule has 1 fully saturated rings. The quantitative estimate of drug-likeness (QED) is 0.0523. The number of esters is 1. The molecule has 2 N–H and O–H groups in total. The van der Waals surface area contributed by atoms with Crippen LogP contribution in [0, 0.1) is 0 Å². The van der Waals surface area contributed by atoms with Gasteiger partial charge < -0.3 is 33.8 Å². The number of methoxy groups -OCH3 is 2. The number of nitrogens with one attached hydrogen (secondary N) is 1. The molecule has 2 heterocycles. The Morgan fingerprint density at radius 1 is 0.774 bits per heavy atom. The fourth-order valence-electron chi connectivity index (χ4n) is 7.01.